The van der Waals surface area contributed by atoms with Gasteiger partial charge in [0, 0.05) is 52.4 Å². The Morgan fingerprint density at radius 2 is 1.76 bits per heavy atom. The number of hydrogen-bond acceptors (Lipinski definition) is 9. The lowest BCUT2D eigenvalue weighted by Gasteiger charge is -2.46. The molecule has 2 bridgehead atoms. The van der Waals surface area contributed by atoms with Crippen LogP contribution in [0.3, 0.4) is 0 Å². The predicted octanol–water partition coefficient (Wildman–Crippen LogP) is -0.137. The Balaban J connectivity index is 1.43. The minimum atomic E-state index is -4.04. The van der Waals surface area contributed by atoms with Crippen LogP contribution < -0.4 is 10.2 Å². The first-order chi connectivity index (χ1) is 17.8. The van der Waals surface area contributed by atoms with E-state index in [2.05, 4.69) is 4.90 Å². The number of fused-ring (bicyclic) bond motifs is 2. The van der Waals surface area contributed by atoms with Gasteiger partial charge < -0.3 is 14.2 Å². The van der Waals surface area contributed by atoms with Crippen molar-refractivity contribution in [1.29, 1.82) is 0 Å². The summed E-state index contributed by atoms with van der Waals surface area (Å²) in [6, 6.07) is 5.32. The molecule has 206 valence electrons. The summed E-state index contributed by atoms with van der Waals surface area (Å²) in [6.45, 7) is 2.48. The lowest BCUT2D eigenvalue weighted by atomic mass is 10.1. The van der Waals surface area contributed by atoms with E-state index in [1.54, 1.807) is 12.6 Å². The number of hydroxylamine groups is 1. The maximum atomic E-state index is 13.7. The van der Waals surface area contributed by atoms with E-state index in [1.807, 2.05) is 24.3 Å². The molecular formula is C23H35N5O8S. The van der Waals surface area contributed by atoms with E-state index in [0.717, 1.165) is 15.6 Å². The van der Waals surface area contributed by atoms with Crippen molar-refractivity contribution >= 4 is 22.2 Å². The smallest absolute Gasteiger partial charge is 0.410 e. The van der Waals surface area contributed by atoms with E-state index < -0.39 is 40.3 Å². The summed E-state index contributed by atoms with van der Waals surface area (Å²) in [5.74, 6) is -0.0970. The van der Waals surface area contributed by atoms with E-state index in [0.29, 0.717) is 32.5 Å². The molecule has 1 aromatic rings. The number of ether oxygens (including phenoxy) is 3. The van der Waals surface area contributed by atoms with Gasteiger partial charge in [0.15, 0.2) is 0 Å². The molecule has 3 fully saturated rings. The molecule has 0 radical (unpaired) electrons. The van der Waals surface area contributed by atoms with Gasteiger partial charge in [-0.1, -0.05) is 12.1 Å². The first-order valence-corrected chi connectivity index (χ1v) is 13.7. The predicted molar refractivity (Wildman–Crippen MR) is 131 cm³/mol. The average molecular weight is 542 g/mol. The van der Waals surface area contributed by atoms with Crippen molar-refractivity contribution in [2.75, 3.05) is 60.2 Å². The number of carbonyl (C=O) groups excluding carboxylic acids is 2. The topological polar surface area (TPSA) is 141 Å². The standard InChI is InChI=1S/C23H35N5O8S/c1-34-13-14-36-23(30)28-18-5-8-20(28)21(22(29)24-31)27(16-18)37(32,33)26-11-9-25(10-12-26)15-17-3-6-19(35-2)7-4-17/h3-4,6-7,18,20-21,31H,5,8-16H2,1-2H3,(H,24,29)/t18-,20+,21-/m1/s1. The van der Waals surface area contributed by atoms with E-state index in [9.17, 15) is 23.2 Å². The maximum absolute atomic E-state index is 13.7. The first kappa shape index (κ1) is 27.5. The van der Waals surface area contributed by atoms with Crippen LogP contribution in [-0.2, 0) is 31.0 Å². The second-order valence-corrected chi connectivity index (χ2v) is 11.2. The Morgan fingerprint density at radius 1 is 1.05 bits per heavy atom. The molecule has 3 aliphatic rings. The van der Waals surface area contributed by atoms with Crippen molar-refractivity contribution in [2.24, 2.45) is 0 Å². The molecule has 0 aliphatic carbocycles. The zero-order chi connectivity index (χ0) is 26.6. The molecule has 1 aromatic carbocycles. The van der Waals surface area contributed by atoms with Gasteiger partial charge in [0.2, 0.25) is 0 Å². The molecule has 4 rings (SSSR count). The number of nitrogens with zero attached hydrogens (tertiary/aromatic N) is 4. The van der Waals surface area contributed by atoms with E-state index in [1.165, 1.54) is 16.3 Å². The highest BCUT2D eigenvalue weighted by atomic mass is 32.2. The van der Waals surface area contributed by atoms with Crippen LogP contribution in [0.15, 0.2) is 24.3 Å². The molecule has 2 N–H and O–H groups in total. The van der Waals surface area contributed by atoms with Crippen molar-refractivity contribution in [3.05, 3.63) is 29.8 Å². The van der Waals surface area contributed by atoms with Crippen molar-refractivity contribution in [3.63, 3.8) is 0 Å². The Labute approximate surface area is 217 Å². The molecule has 3 saturated heterocycles. The maximum Gasteiger partial charge on any atom is 0.410 e. The fourth-order valence-electron chi connectivity index (χ4n) is 5.35. The normalized spacial score (nSPS) is 25.2. The zero-order valence-corrected chi connectivity index (χ0v) is 21.9. The van der Waals surface area contributed by atoms with Gasteiger partial charge in [-0.25, -0.2) is 10.3 Å². The largest absolute Gasteiger partial charge is 0.497 e. The van der Waals surface area contributed by atoms with Crippen LogP contribution in [-0.4, -0.2) is 122 Å². The lowest BCUT2D eigenvalue weighted by Crippen LogP contribution is -2.68. The monoisotopic (exact) mass is 541 g/mol. The number of piperazine rings is 2. The third-order valence-corrected chi connectivity index (χ3v) is 9.22. The van der Waals surface area contributed by atoms with Crippen molar-refractivity contribution in [2.45, 2.75) is 37.5 Å². The van der Waals surface area contributed by atoms with E-state index in [-0.39, 0.29) is 32.8 Å². The van der Waals surface area contributed by atoms with Gasteiger partial charge in [-0.2, -0.15) is 17.0 Å². The molecule has 3 heterocycles. The Kier molecular flexibility index (Phi) is 8.87. The Bertz CT molecular complexity index is 1050. The van der Waals surface area contributed by atoms with E-state index in [4.69, 9.17) is 14.2 Å². The van der Waals surface area contributed by atoms with Gasteiger partial charge in [0.25, 0.3) is 16.1 Å². The van der Waals surface area contributed by atoms with Crippen molar-refractivity contribution in [3.8, 4) is 5.75 Å². The van der Waals surface area contributed by atoms with Crippen LogP contribution in [0.25, 0.3) is 0 Å². The summed E-state index contributed by atoms with van der Waals surface area (Å²) < 4.78 is 45.3. The summed E-state index contributed by atoms with van der Waals surface area (Å²) in [5, 5.41) is 9.41. The number of rotatable bonds is 9. The highest BCUT2D eigenvalue weighted by Gasteiger charge is 2.56. The van der Waals surface area contributed by atoms with Gasteiger partial charge >= 0.3 is 6.09 Å². The second-order valence-electron chi connectivity index (χ2n) is 9.33. The lowest BCUT2D eigenvalue weighted by molar-refractivity contribution is -0.136. The third kappa shape index (κ3) is 5.84. The van der Waals surface area contributed by atoms with Crippen LogP contribution in [0, 0.1) is 0 Å². The first-order valence-electron chi connectivity index (χ1n) is 12.3. The highest BCUT2D eigenvalue weighted by molar-refractivity contribution is 7.86. The SMILES string of the molecule is COCCOC(=O)N1[C@@H]2CC[C@H]1[C@H](C(=O)NO)N(S(=O)(=O)N1CCN(Cc3ccc(OC)cc3)CC1)C2. The number of nitrogens with one attached hydrogen (secondary N) is 1. The van der Waals surface area contributed by atoms with Gasteiger partial charge in [0.1, 0.15) is 18.4 Å². The van der Waals surface area contributed by atoms with Gasteiger partial charge in [0.05, 0.1) is 19.8 Å². The average Bonchev–Trinajstić information content (AvgIpc) is 3.22. The molecule has 0 aromatic heterocycles. The summed E-state index contributed by atoms with van der Waals surface area (Å²) in [6.07, 6.45) is 0.328. The summed E-state index contributed by atoms with van der Waals surface area (Å²) in [7, 11) is -0.936. The molecule has 2 amide bonds. The quantitative estimate of drug-likeness (QED) is 0.248. The van der Waals surface area contributed by atoms with Crippen LogP contribution in [0.2, 0.25) is 0 Å². The number of methoxy groups -OCH3 is 2. The second kappa shape index (κ2) is 11.9. The molecular weight excluding hydrogens is 506 g/mol. The van der Waals surface area contributed by atoms with Crippen LogP contribution >= 0.6 is 0 Å². The molecule has 3 atom stereocenters. The van der Waals surface area contributed by atoms with Crippen LogP contribution in [0.1, 0.15) is 18.4 Å². The zero-order valence-electron chi connectivity index (χ0n) is 21.1. The molecule has 37 heavy (non-hydrogen) atoms. The Hall–Kier alpha value is -2.49. The number of hydrogen-bond donors (Lipinski definition) is 2. The molecule has 13 nitrogen and oxygen atoms in total. The van der Waals surface area contributed by atoms with Crippen molar-refractivity contribution in [1.82, 2.24) is 23.9 Å². The van der Waals surface area contributed by atoms with Gasteiger partial charge in [-0.05, 0) is 30.5 Å². The van der Waals surface area contributed by atoms with Crippen LogP contribution in [0.4, 0.5) is 4.79 Å². The third-order valence-electron chi connectivity index (χ3n) is 7.23. The molecule has 0 spiro atoms. The fraction of sp³-hybridized carbons (Fsp3) is 0.652. The minimum absolute atomic E-state index is 0.0466. The summed E-state index contributed by atoms with van der Waals surface area (Å²) >= 11 is 0. The van der Waals surface area contributed by atoms with Gasteiger partial charge in [-0.3, -0.25) is 19.8 Å². The molecule has 0 saturated carbocycles. The minimum Gasteiger partial charge on any atom is -0.497 e. The Morgan fingerprint density at radius 3 is 2.38 bits per heavy atom. The van der Waals surface area contributed by atoms with Gasteiger partial charge in [-0.15, -0.1) is 0 Å². The molecule has 3 aliphatic heterocycles. The summed E-state index contributed by atoms with van der Waals surface area (Å²) in [4.78, 5) is 29.1. The van der Waals surface area contributed by atoms with Crippen LogP contribution in [0.5, 0.6) is 5.75 Å². The molecule has 0 unspecified atom stereocenters. The fourth-order valence-corrected chi connectivity index (χ4v) is 7.16. The molecule has 14 heteroatoms. The number of benzene rings is 1. The van der Waals surface area contributed by atoms with E-state index >= 15 is 0 Å². The summed E-state index contributed by atoms with van der Waals surface area (Å²) in [5.41, 5.74) is 2.70. The highest BCUT2D eigenvalue weighted by Crippen LogP contribution is 2.37. The number of carbonyl (C=O) groups is 2. The number of amides is 2. The van der Waals surface area contributed by atoms with Crippen molar-refractivity contribution < 1.29 is 37.4 Å².